The molecule has 0 radical (unpaired) electrons. The van der Waals surface area contributed by atoms with Gasteiger partial charge in [0.2, 0.25) is 0 Å². The second-order valence-electron chi connectivity index (χ2n) is 5.82. The van der Waals surface area contributed by atoms with Gasteiger partial charge in [0.25, 0.3) is 5.91 Å². The number of benzene rings is 2. The number of hydrogen-bond acceptors (Lipinski definition) is 4. The monoisotopic (exact) mass is 342 g/mol. The summed E-state index contributed by atoms with van der Waals surface area (Å²) in [6.45, 7) is 2.06. The molecule has 3 aromatic rings. The van der Waals surface area contributed by atoms with Gasteiger partial charge in [0.05, 0.1) is 23.1 Å². The predicted octanol–water partition coefficient (Wildman–Crippen LogP) is 4.38. The van der Waals surface area contributed by atoms with E-state index in [0.717, 1.165) is 5.69 Å². The lowest BCUT2D eigenvalue weighted by molar-refractivity contribution is 0.102. The summed E-state index contributed by atoms with van der Waals surface area (Å²) in [5.41, 5.74) is 3.17. The molecule has 0 aliphatic carbocycles. The number of rotatable bonds is 5. The molecule has 0 fully saturated rings. The maximum atomic E-state index is 12.3. The van der Waals surface area contributed by atoms with Crippen molar-refractivity contribution in [1.82, 2.24) is 4.98 Å². The minimum atomic E-state index is -0.352. The highest BCUT2D eigenvalue weighted by atomic mass is 16.1. The maximum Gasteiger partial charge on any atom is 0.274 e. The van der Waals surface area contributed by atoms with Gasteiger partial charge in [0, 0.05) is 6.04 Å². The summed E-state index contributed by atoms with van der Waals surface area (Å²) in [5, 5.41) is 15.2. The molecule has 3 rings (SSSR count). The van der Waals surface area contributed by atoms with E-state index in [1.165, 1.54) is 5.56 Å². The van der Waals surface area contributed by atoms with Crippen LogP contribution in [0.5, 0.6) is 0 Å². The van der Waals surface area contributed by atoms with E-state index in [2.05, 4.69) is 40.7 Å². The third-order valence-corrected chi connectivity index (χ3v) is 3.97. The number of pyridine rings is 1. The summed E-state index contributed by atoms with van der Waals surface area (Å²) in [5.74, 6) is -0.352. The highest BCUT2D eigenvalue weighted by Crippen LogP contribution is 2.19. The van der Waals surface area contributed by atoms with Crippen molar-refractivity contribution in [1.29, 1.82) is 5.26 Å². The summed E-state index contributed by atoms with van der Waals surface area (Å²) in [4.78, 5) is 16.6. The molecule has 2 aromatic carbocycles. The Balaban J connectivity index is 1.67. The van der Waals surface area contributed by atoms with E-state index in [4.69, 9.17) is 5.26 Å². The number of aromatic nitrogens is 1. The molecule has 1 atom stereocenters. The summed E-state index contributed by atoms with van der Waals surface area (Å²) in [6.07, 6.45) is 1.63. The van der Waals surface area contributed by atoms with Gasteiger partial charge in [-0.1, -0.05) is 42.5 Å². The first-order valence-electron chi connectivity index (χ1n) is 8.25. The average molecular weight is 342 g/mol. The van der Waals surface area contributed by atoms with Crippen molar-refractivity contribution in [3.05, 3.63) is 89.7 Å². The normalized spacial score (nSPS) is 11.2. The van der Waals surface area contributed by atoms with Crippen molar-refractivity contribution in [2.45, 2.75) is 13.0 Å². The molecule has 1 amide bonds. The van der Waals surface area contributed by atoms with E-state index >= 15 is 0 Å². The van der Waals surface area contributed by atoms with Crippen LogP contribution in [0.3, 0.4) is 0 Å². The Bertz CT molecular complexity index is 930. The number of nitrogens with one attached hydrogen (secondary N) is 2. The van der Waals surface area contributed by atoms with Gasteiger partial charge < -0.3 is 10.6 Å². The molecular formula is C21H18N4O. The standard InChI is InChI=1S/C21H18N4O/c1-15(16-7-3-2-4-8-16)24-18-11-12-20(23-14-18)21(26)25-19-10-6-5-9-17(19)13-22/h2-12,14-15,24H,1H3,(H,25,26). The lowest BCUT2D eigenvalue weighted by Gasteiger charge is -2.15. The van der Waals surface area contributed by atoms with Crippen LogP contribution in [-0.2, 0) is 0 Å². The fraction of sp³-hybridized carbons (Fsp3) is 0.0952. The zero-order valence-corrected chi connectivity index (χ0v) is 14.3. The van der Waals surface area contributed by atoms with E-state index in [-0.39, 0.29) is 17.6 Å². The van der Waals surface area contributed by atoms with E-state index in [9.17, 15) is 4.79 Å². The number of para-hydroxylation sites is 1. The van der Waals surface area contributed by atoms with Gasteiger partial charge in [-0.15, -0.1) is 0 Å². The fourth-order valence-corrected chi connectivity index (χ4v) is 2.56. The van der Waals surface area contributed by atoms with Crippen molar-refractivity contribution in [3.8, 4) is 6.07 Å². The van der Waals surface area contributed by atoms with Crippen LogP contribution < -0.4 is 10.6 Å². The molecule has 1 heterocycles. The molecule has 1 unspecified atom stereocenters. The highest BCUT2D eigenvalue weighted by Gasteiger charge is 2.11. The van der Waals surface area contributed by atoms with Crippen molar-refractivity contribution in [2.75, 3.05) is 10.6 Å². The Morgan fingerprint density at radius 1 is 1.04 bits per heavy atom. The SMILES string of the molecule is CC(Nc1ccc(C(=O)Nc2ccccc2C#N)nc1)c1ccccc1. The number of carbonyl (C=O) groups is 1. The number of hydrogen-bond donors (Lipinski definition) is 2. The molecule has 0 spiro atoms. The van der Waals surface area contributed by atoms with Crippen LogP contribution in [0, 0.1) is 11.3 Å². The van der Waals surface area contributed by atoms with E-state index in [0.29, 0.717) is 11.3 Å². The van der Waals surface area contributed by atoms with E-state index in [1.54, 1.807) is 36.5 Å². The second-order valence-corrected chi connectivity index (χ2v) is 5.82. The Kier molecular flexibility index (Phi) is 5.25. The molecule has 5 heteroatoms. The fourth-order valence-electron chi connectivity index (χ4n) is 2.56. The van der Waals surface area contributed by atoms with Gasteiger partial charge in [-0.25, -0.2) is 4.98 Å². The zero-order valence-electron chi connectivity index (χ0n) is 14.3. The van der Waals surface area contributed by atoms with E-state index in [1.807, 2.05) is 24.3 Å². The van der Waals surface area contributed by atoms with Gasteiger partial charge in [-0.3, -0.25) is 4.79 Å². The first kappa shape index (κ1) is 17.2. The molecule has 0 aliphatic heterocycles. The molecule has 0 saturated heterocycles. The topological polar surface area (TPSA) is 77.8 Å². The first-order chi connectivity index (χ1) is 12.7. The molecule has 0 bridgehead atoms. The quantitative estimate of drug-likeness (QED) is 0.721. The number of amides is 1. The third-order valence-electron chi connectivity index (χ3n) is 3.97. The van der Waals surface area contributed by atoms with Crippen molar-refractivity contribution >= 4 is 17.3 Å². The Morgan fingerprint density at radius 3 is 2.46 bits per heavy atom. The maximum absolute atomic E-state index is 12.3. The predicted molar refractivity (Wildman–Crippen MR) is 102 cm³/mol. The zero-order chi connectivity index (χ0) is 18.4. The number of carbonyl (C=O) groups excluding carboxylic acids is 1. The van der Waals surface area contributed by atoms with Crippen LogP contribution >= 0.6 is 0 Å². The summed E-state index contributed by atoms with van der Waals surface area (Å²) in [6, 6.07) is 22.6. The Hall–Kier alpha value is -3.65. The van der Waals surface area contributed by atoms with Gasteiger partial charge in [-0.2, -0.15) is 5.26 Å². The number of nitriles is 1. The lowest BCUT2D eigenvalue weighted by Crippen LogP contribution is -2.15. The van der Waals surface area contributed by atoms with Crippen molar-refractivity contribution in [2.24, 2.45) is 0 Å². The van der Waals surface area contributed by atoms with Crippen LogP contribution in [0.15, 0.2) is 72.9 Å². The molecule has 26 heavy (non-hydrogen) atoms. The van der Waals surface area contributed by atoms with Crippen molar-refractivity contribution in [3.63, 3.8) is 0 Å². The minimum absolute atomic E-state index is 0.125. The third kappa shape index (κ3) is 4.05. The first-order valence-corrected chi connectivity index (χ1v) is 8.25. The molecule has 2 N–H and O–H groups in total. The molecule has 0 aliphatic rings. The largest absolute Gasteiger partial charge is 0.377 e. The molecule has 5 nitrogen and oxygen atoms in total. The number of nitrogens with zero attached hydrogens (tertiary/aromatic N) is 2. The van der Waals surface area contributed by atoms with Gasteiger partial charge in [0.15, 0.2) is 0 Å². The van der Waals surface area contributed by atoms with Gasteiger partial charge in [-0.05, 0) is 36.8 Å². The van der Waals surface area contributed by atoms with Crippen LogP contribution in [-0.4, -0.2) is 10.9 Å². The minimum Gasteiger partial charge on any atom is -0.377 e. The molecule has 128 valence electrons. The Morgan fingerprint density at radius 2 is 1.77 bits per heavy atom. The van der Waals surface area contributed by atoms with Crippen molar-refractivity contribution < 1.29 is 4.79 Å². The van der Waals surface area contributed by atoms with Crippen LogP contribution in [0.4, 0.5) is 11.4 Å². The smallest absolute Gasteiger partial charge is 0.274 e. The molecule has 1 aromatic heterocycles. The Labute approximate surface area is 152 Å². The highest BCUT2D eigenvalue weighted by molar-refractivity contribution is 6.03. The van der Waals surface area contributed by atoms with Gasteiger partial charge >= 0.3 is 0 Å². The van der Waals surface area contributed by atoms with Crippen LogP contribution in [0.25, 0.3) is 0 Å². The molecule has 0 saturated carbocycles. The second kappa shape index (κ2) is 7.95. The van der Waals surface area contributed by atoms with Crippen LogP contribution in [0.1, 0.15) is 34.6 Å². The van der Waals surface area contributed by atoms with Gasteiger partial charge in [0.1, 0.15) is 11.8 Å². The summed E-state index contributed by atoms with van der Waals surface area (Å²) < 4.78 is 0. The lowest BCUT2D eigenvalue weighted by atomic mass is 10.1. The summed E-state index contributed by atoms with van der Waals surface area (Å²) >= 11 is 0. The average Bonchev–Trinajstić information content (AvgIpc) is 2.69. The molecular weight excluding hydrogens is 324 g/mol. The number of anilines is 2. The van der Waals surface area contributed by atoms with E-state index < -0.39 is 0 Å². The summed E-state index contributed by atoms with van der Waals surface area (Å²) in [7, 11) is 0. The van der Waals surface area contributed by atoms with Crippen LogP contribution in [0.2, 0.25) is 0 Å².